The van der Waals surface area contributed by atoms with E-state index in [1.165, 1.54) is 30.2 Å². The first-order chi connectivity index (χ1) is 32.3. The number of ether oxygens (including phenoxy) is 4. The number of pyridine rings is 1. The largest absolute Gasteiger partial charge is 0.485 e. The first-order valence-electron chi connectivity index (χ1n) is 23.6. The standard InChI is InChI=1S/C50H56N6O10S/c1-49(58)13-10-32(11-14-49)45-30-64-44-25-37(24-41(56(59)60)46(44)66-45)67(61,62)53-48(57)40-9-8-34(23-43(40)65-36-22-33-12-17-51-47(33)52-28-36)54-18-15-50(16-19-54)26-35(27-50)55-20-21-63-29-42(55)39-5-3-2-4-38(39)31-6-7-31/h2-5,8-9,12,17,22-25,28,31-32,35,42,45,58H,6-7,10-11,13-16,18-21,26-27,29-30H2,1H3,(H,51,52)(H,53,57)/t32?,42-,45-,49?/m0/s1. The van der Waals surface area contributed by atoms with Crippen molar-refractivity contribution in [3.63, 3.8) is 0 Å². The van der Waals surface area contributed by atoms with Crippen LogP contribution >= 0.6 is 0 Å². The molecule has 5 heterocycles. The number of piperidine rings is 1. The summed E-state index contributed by atoms with van der Waals surface area (Å²) in [6, 6.07) is 20.5. The Morgan fingerprint density at radius 1 is 0.970 bits per heavy atom. The number of aromatic nitrogens is 2. The van der Waals surface area contributed by atoms with Crippen molar-refractivity contribution in [1.29, 1.82) is 0 Å². The van der Waals surface area contributed by atoms with Crippen LogP contribution in [0.4, 0.5) is 11.4 Å². The van der Waals surface area contributed by atoms with Gasteiger partial charge in [-0.2, -0.15) is 0 Å². The first-order valence-corrected chi connectivity index (χ1v) is 25.1. The van der Waals surface area contributed by atoms with Gasteiger partial charge in [0.2, 0.25) is 5.75 Å². The highest BCUT2D eigenvalue weighted by Gasteiger charge is 2.50. The van der Waals surface area contributed by atoms with E-state index in [0.29, 0.717) is 49.0 Å². The predicted molar refractivity (Wildman–Crippen MR) is 248 cm³/mol. The van der Waals surface area contributed by atoms with Crippen LogP contribution in [0.1, 0.15) is 105 Å². The highest BCUT2D eigenvalue weighted by atomic mass is 32.2. The van der Waals surface area contributed by atoms with Crippen molar-refractivity contribution in [3.8, 4) is 23.0 Å². The summed E-state index contributed by atoms with van der Waals surface area (Å²) < 4.78 is 54.5. The molecular weight excluding hydrogens is 877 g/mol. The molecule has 3 N–H and O–H groups in total. The number of morpholine rings is 1. The summed E-state index contributed by atoms with van der Waals surface area (Å²) in [5.74, 6) is -0.113. The molecule has 0 bridgehead atoms. The van der Waals surface area contributed by atoms with Crippen LogP contribution in [0.5, 0.6) is 23.0 Å². The SMILES string of the molecule is CC1(O)CCC([C@@H]2COc3cc(S(=O)(=O)NC(=O)c4ccc(N5CCC6(CC5)CC(N5CCOC[C@H]5c5ccccc5C5CC5)C6)cc4Oc4cnc5[nH]ccc5c4)cc([N+](=O)[O-])c3O2)CC1. The van der Waals surface area contributed by atoms with Gasteiger partial charge in [0.15, 0.2) is 5.75 Å². The molecule has 3 aliphatic heterocycles. The molecule has 2 atom stereocenters. The lowest BCUT2D eigenvalue weighted by molar-refractivity contribution is -0.386. The maximum atomic E-state index is 14.1. The number of carbonyl (C=O) groups is 1. The summed E-state index contributed by atoms with van der Waals surface area (Å²) >= 11 is 0. The minimum atomic E-state index is -4.69. The smallest absolute Gasteiger partial charge is 0.316 e. The number of nitro benzene ring substituents is 1. The number of aromatic amines is 1. The lowest BCUT2D eigenvalue weighted by atomic mass is 9.59. The molecule has 1 spiro atoms. The minimum absolute atomic E-state index is 0.00394. The number of fused-ring (bicyclic) bond motifs is 2. The number of amides is 1. The van der Waals surface area contributed by atoms with Crippen LogP contribution in [-0.2, 0) is 14.8 Å². The van der Waals surface area contributed by atoms with E-state index >= 15 is 0 Å². The van der Waals surface area contributed by atoms with E-state index in [4.69, 9.17) is 18.9 Å². The monoisotopic (exact) mass is 932 g/mol. The summed E-state index contributed by atoms with van der Waals surface area (Å²) in [6.07, 6.45) is 12.1. The lowest BCUT2D eigenvalue weighted by Crippen LogP contribution is -2.58. The number of hydrogen-bond acceptors (Lipinski definition) is 13. The van der Waals surface area contributed by atoms with Crippen molar-refractivity contribution in [2.24, 2.45) is 11.3 Å². The van der Waals surface area contributed by atoms with E-state index in [0.717, 1.165) is 81.7 Å². The molecule has 67 heavy (non-hydrogen) atoms. The van der Waals surface area contributed by atoms with E-state index < -0.39 is 43.1 Å². The fourth-order valence-corrected chi connectivity index (χ4v) is 12.3. The third-order valence-electron chi connectivity index (χ3n) is 15.4. The summed E-state index contributed by atoms with van der Waals surface area (Å²) in [5.41, 5.74) is 3.25. The molecule has 352 valence electrons. The number of nitrogens with zero attached hydrogens (tertiary/aromatic N) is 4. The zero-order valence-corrected chi connectivity index (χ0v) is 38.3. The van der Waals surface area contributed by atoms with Crippen molar-refractivity contribution >= 4 is 38.3 Å². The molecule has 17 heteroatoms. The molecule has 5 aromatic rings. The summed E-state index contributed by atoms with van der Waals surface area (Å²) in [6.45, 7) is 5.89. The number of anilines is 1. The van der Waals surface area contributed by atoms with Gasteiger partial charge in [-0.15, -0.1) is 0 Å². The quantitative estimate of drug-likeness (QED) is 0.0848. The Balaban J connectivity index is 0.802. The Morgan fingerprint density at radius 2 is 1.75 bits per heavy atom. The number of rotatable bonds is 11. The Labute approximate surface area is 389 Å². The van der Waals surface area contributed by atoms with Crippen LogP contribution in [0.2, 0.25) is 0 Å². The Bertz CT molecular complexity index is 2820. The van der Waals surface area contributed by atoms with E-state index in [2.05, 4.69) is 48.8 Å². The van der Waals surface area contributed by atoms with Crippen molar-refractivity contribution < 1.29 is 42.2 Å². The molecule has 16 nitrogen and oxygen atoms in total. The van der Waals surface area contributed by atoms with Crippen LogP contribution in [0.25, 0.3) is 11.0 Å². The van der Waals surface area contributed by atoms with Gasteiger partial charge < -0.3 is 33.9 Å². The minimum Gasteiger partial charge on any atom is -0.485 e. The Hall–Kier alpha value is -5.75. The second-order valence-corrected chi connectivity index (χ2v) is 21.6. The maximum absolute atomic E-state index is 14.1. The van der Waals surface area contributed by atoms with Gasteiger partial charge in [-0.1, -0.05) is 24.3 Å². The van der Waals surface area contributed by atoms with Crippen LogP contribution in [0, 0.1) is 21.4 Å². The topological polar surface area (TPSA) is 199 Å². The number of benzene rings is 3. The summed E-state index contributed by atoms with van der Waals surface area (Å²) in [5, 5.41) is 23.6. The van der Waals surface area contributed by atoms with Crippen LogP contribution in [0.15, 0.2) is 84.0 Å². The molecule has 3 saturated carbocycles. The van der Waals surface area contributed by atoms with Gasteiger partial charge in [-0.25, -0.2) is 18.1 Å². The molecule has 11 rings (SSSR count). The summed E-state index contributed by atoms with van der Waals surface area (Å²) in [7, 11) is -4.69. The first kappa shape index (κ1) is 43.8. The van der Waals surface area contributed by atoms with Gasteiger partial charge in [-0.3, -0.25) is 19.8 Å². The van der Waals surface area contributed by atoms with Gasteiger partial charge in [0, 0.05) is 61.1 Å². The van der Waals surface area contributed by atoms with E-state index in [1.54, 1.807) is 37.4 Å². The van der Waals surface area contributed by atoms with Gasteiger partial charge >= 0.3 is 5.69 Å². The molecule has 1 amide bonds. The average Bonchev–Trinajstić information content (AvgIpc) is 4.06. The molecule has 2 saturated heterocycles. The number of hydrogen-bond donors (Lipinski definition) is 3. The normalized spacial score (nSPS) is 25.4. The molecule has 6 aliphatic rings. The zero-order chi connectivity index (χ0) is 46.1. The predicted octanol–water partition coefficient (Wildman–Crippen LogP) is 8.16. The third-order valence-corrected chi connectivity index (χ3v) is 16.7. The number of H-pyrrole nitrogens is 1. The summed E-state index contributed by atoms with van der Waals surface area (Å²) in [4.78, 5) is 37.7. The molecule has 2 aromatic heterocycles. The highest BCUT2D eigenvalue weighted by molar-refractivity contribution is 7.90. The molecule has 3 aromatic carbocycles. The van der Waals surface area contributed by atoms with Crippen LogP contribution in [-0.4, -0.2) is 96.4 Å². The zero-order valence-electron chi connectivity index (χ0n) is 37.5. The Morgan fingerprint density at radius 3 is 2.51 bits per heavy atom. The second-order valence-electron chi connectivity index (χ2n) is 19.9. The van der Waals surface area contributed by atoms with Crippen LogP contribution < -0.4 is 23.8 Å². The van der Waals surface area contributed by atoms with Crippen molar-refractivity contribution in [1.82, 2.24) is 19.6 Å². The van der Waals surface area contributed by atoms with Gasteiger partial charge in [0.25, 0.3) is 15.9 Å². The number of carbonyl (C=O) groups excluding carboxylic acids is 1. The third kappa shape index (κ3) is 8.70. The number of sulfonamides is 1. The second kappa shape index (κ2) is 17.1. The van der Waals surface area contributed by atoms with Crippen LogP contribution in [0.3, 0.4) is 0 Å². The van der Waals surface area contributed by atoms with Crippen molar-refractivity contribution in [2.75, 3.05) is 44.4 Å². The molecule has 0 radical (unpaired) electrons. The van der Waals surface area contributed by atoms with Crippen molar-refractivity contribution in [2.45, 2.75) is 106 Å². The number of nitro groups is 1. The van der Waals surface area contributed by atoms with E-state index in [9.17, 15) is 28.4 Å². The molecule has 0 unspecified atom stereocenters. The average molecular weight is 933 g/mol. The van der Waals surface area contributed by atoms with E-state index in [-0.39, 0.29) is 46.8 Å². The fourth-order valence-electron chi connectivity index (χ4n) is 11.3. The van der Waals surface area contributed by atoms with Gasteiger partial charge in [0.1, 0.15) is 29.9 Å². The molecule has 5 fully saturated rings. The number of nitrogens with one attached hydrogen (secondary N) is 2. The number of aliphatic hydroxyl groups is 1. The van der Waals surface area contributed by atoms with Gasteiger partial charge in [-0.05, 0) is 124 Å². The molecule has 3 aliphatic carbocycles. The maximum Gasteiger partial charge on any atom is 0.316 e. The van der Waals surface area contributed by atoms with Gasteiger partial charge in [0.05, 0.1) is 46.4 Å². The molecular formula is C50H56N6O10S. The fraction of sp³-hybridized carbons (Fsp3) is 0.480. The Kier molecular flexibility index (Phi) is 11.2. The lowest BCUT2D eigenvalue weighted by Gasteiger charge is -2.57. The highest BCUT2D eigenvalue weighted by Crippen LogP contribution is 2.54. The van der Waals surface area contributed by atoms with Crippen molar-refractivity contribution in [3.05, 3.63) is 106 Å². The van der Waals surface area contributed by atoms with E-state index in [1.807, 2.05) is 6.07 Å².